The standard InChI is InChI=1S/C9H14F3N3O4.2C9H11F3N2O4.C8H13F3N2O3.C6H14N2O2.C2HF3O2/c10-9(11,12)7(18)14-4-2-1-3-5(6(16)17)15-8(13)19;2*10-9(11,12)7(16)13-4-2-1-3-5-6(15)18-8(17)14-5;9-8(10,11)7(16)13-4-2-1-3-5(12)6(14)15;7-4-2-1-3-5(8)6(9)10;3-2(4,5)1(6)7/h5H,1-4H2,(H,14,18)(H,16,17)(H3,13,15,19);2*5H,1-4H2,(H,13,16)(H,14,17);5H,1-4,12H2,(H,13,16)(H,14,15);5H,1-4,7-8H2,(H,9,10);(H,6,7)/p-1/t5*5-;/m00000./s1. The number of hydrogen-bond donors (Lipinski definition) is 13. The lowest BCUT2D eigenvalue weighted by Gasteiger charge is -2.12. The van der Waals surface area contributed by atoms with Gasteiger partial charge in [0.25, 0.3) is 0 Å². The number of esters is 2. The Balaban J connectivity index is -0.000000324. The van der Waals surface area contributed by atoms with Gasteiger partial charge in [0, 0.05) is 32.2 Å². The first-order valence-electron chi connectivity index (χ1n) is 24.8. The minimum Gasteiger partial charge on any atom is -0.548 e. The Morgan fingerprint density at radius 3 is 1.02 bits per heavy atom. The molecule has 0 aliphatic carbocycles. The van der Waals surface area contributed by atoms with Crippen LogP contribution in [0.2, 0.25) is 0 Å². The number of alkyl carbamates (subject to hydrolysis) is 2. The quantitative estimate of drug-likeness (QED) is 0.0188. The van der Waals surface area contributed by atoms with Gasteiger partial charge in [-0.3, -0.25) is 24.0 Å². The van der Waals surface area contributed by atoms with Crippen LogP contribution in [0.4, 0.5) is 80.2 Å². The van der Waals surface area contributed by atoms with E-state index in [9.17, 15) is 128 Å². The molecule has 0 bridgehead atoms. The number of alkyl halides is 15. The van der Waals surface area contributed by atoms with Gasteiger partial charge in [-0.25, -0.2) is 28.8 Å². The predicted molar refractivity (Wildman–Crippen MR) is 256 cm³/mol. The summed E-state index contributed by atoms with van der Waals surface area (Å²) < 4.78 is 181. The molecule has 0 aromatic heterocycles. The fourth-order valence-corrected chi connectivity index (χ4v) is 5.46. The Kier molecular flexibility index (Phi) is 42.5. The summed E-state index contributed by atoms with van der Waals surface area (Å²) in [6, 6.07) is -5.55. The first-order valence-corrected chi connectivity index (χ1v) is 24.8. The van der Waals surface area contributed by atoms with Gasteiger partial charge in [0.2, 0.25) is 0 Å². The van der Waals surface area contributed by atoms with Crippen LogP contribution in [0.1, 0.15) is 97.7 Å². The molecule has 0 saturated carbocycles. The second-order valence-corrected chi connectivity index (χ2v) is 17.1. The molecule has 2 rings (SSSR count). The highest BCUT2D eigenvalue weighted by molar-refractivity contribution is 5.96. The van der Waals surface area contributed by atoms with Gasteiger partial charge in [-0.15, -0.1) is 0 Å². The molecular weight excluding hydrogens is 1260 g/mol. The number of primary amides is 1. The number of unbranched alkanes of at least 4 members (excludes halogenated alkanes) is 5. The topological polar surface area (TPSA) is 515 Å². The zero-order valence-corrected chi connectivity index (χ0v) is 45.3. The monoisotopic (exact) mass is 1320 g/mol. The van der Waals surface area contributed by atoms with Gasteiger partial charge in [-0.05, 0) is 96.4 Å². The molecule has 0 unspecified atom stereocenters. The van der Waals surface area contributed by atoms with Gasteiger partial charge in [-0.1, -0.05) is 6.42 Å². The molecule has 0 aromatic rings. The molecule has 0 radical (unpaired) electrons. The number of carboxylic acid groups (broad SMARTS) is 4. The molecule has 0 spiro atoms. The van der Waals surface area contributed by atoms with Crippen molar-refractivity contribution in [2.24, 2.45) is 22.9 Å². The lowest BCUT2D eigenvalue weighted by molar-refractivity contribution is -0.344. The van der Waals surface area contributed by atoms with Gasteiger partial charge in [0.1, 0.15) is 30.1 Å². The van der Waals surface area contributed by atoms with E-state index in [0.717, 1.165) is 12.8 Å². The Hall–Kier alpha value is -8.26. The van der Waals surface area contributed by atoms with Crippen molar-refractivity contribution in [2.45, 2.75) is 157 Å². The molecule has 510 valence electrons. The SMILES string of the molecule is NC(=O)N[C@@H](CCCCNC(=O)C(F)(F)F)C(=O)O.NCCCC[C@H](N)C(=O)[O-].N[C@@H](CCCCNC(=O)C(F)(F)F)C(=O)O.O=C([O-])C(F)(F)F.O=C1N[C@@H](CCCCNC(=O)C(F)(F)F)C(=O)O1.O=C1N[C@@H](CCCCNC(=O)C(F)(F)F)C(=O)O1.[H+]. The number of aliphatic carboxylic acids is 4. The maximum Gasteiger partial charge on any atom is 1.00 e. The molecule has 2 aliphatic rings. The number of urea groups is 1. The smallest absolute Gasteiger partial charge is 0.548 e. The van der Waals surface area contributed by atoms with Crippen molar-refractivity contribution in [3.63, 3.8) is 0 Å². The van der Waals surface area contributed by atoms with Crippen LogP contribution in [0.3, 0.4) is 0 Å². The second-order valence-electron chi connectivity index (χ2n) is 17.1. The van der Waals surface area contributed by atoms with Crippen LogP contribution in [0.5, 0.6) is 0 Å². The van der Waals surface area contributed by atoms with E-state index in [-0.39, 0.29) is 85.4 Å². The number of carbonyl (C=O) groups excluding carboxylic acids is 11. The van der Waals surface area contributed by atoms with Crippen LogP contribution in [-0.4, -0.2) is 182 Å². The Bertz CT molecular complexity index is 2200. The number of hydrogen-bond acceptors (Lipinski definition) is 20. The third kappa shape index (κ3) is 47.0. The number of nitrogens with two attached hydrogens (primary N) is 4. The zero-order valence-electron chi connectivity index (χ0n) is 46.3. The Labute approximate surface area is 487 Å². The van der Waals surface area contributed by atoms with E-state index in [0.29, 0.717) is 32.2 Å². The van der Waals surface area contributed by atoms with Crippen LogP contribution in [0.25, 0.3) is 0 Å². The maximum atomic E-state index is 11.8. The van der Waals surface area contributed by atoms with Crippen molar-refractivity contribution in [3.05, 3.63) is 0 Å². The molecule has 45 heteroatoms. The minimum atomic E-state index is -5.19. The van der Waals surface area contributed by atoms with E-state index in [4.69, 9.17) is 43.0 Å². The van der Waals surface area contributed by atoms with Gasteiger partial charge in [0.05, 0.1) is 5.97 Å². The molecule has 88 heavy (non-hydrogen) atoms. The number of halogens is 15. The van der Waals surface area contributed by atoms with Crippen molar-refractivity contribution in [3.8, 4) is 0 Å². The van der Waals surface area contributed by atoms with Gasteiger partial charge >= 0.3 is 98.0 Å². The molecule has 5 atom stereocenters. The molecule has 0 aromatic carbocycles. The highest BCUT2D eigenvalue weighted by Gasteiger charge is 2.41. The summed E-state index contributed by atoms with van der Waals surface area (Å²) in [5.74, 6) is -16.0. The van der Waals surface area contributed by atoms with E-state index in [2.05, 4.69) is 20.1 Å². The molecule has 2 saturated heterocycles. The molecule has 2 fully saturated rings. The fraction of sp³-hybridized carbons (Fsp3) is 0.698. The van der Waals surface area contributed by atoms with Crippen molar-refractivity contribution >= 4 is 77.7 Å². The number of cyclic esters (lactones) is 4. The highest BCUT2D eigenvalue weighted by Crippen LogP contribution is 2.18. The minimum absolute atomic E-state index is 0. The van der Waals surface area contributed by atoms with Gasteiger partial charge in [-0.2, -0.15) is 65.9 Å². The molecule has 2 aliphatic heterocycles. The van der Waals surface area contributed by atoms with E-state index in [1.165, 1.54) is 0 Å². The number of carbonyl (C=O) groups is 13. The lowest BCUT2D eigenvalue weighted by atomic mass is 10.1. The largest absolute Gasteiger partial charge is 1.00 e. The zero-order chi connectivity index (χ0) is 69.4. The first-order chi connectivity index (χ1) is 40.1. The summed E-state index contributed by atoms with van der Waals surface area (Å²) in [4.78, 5) is 135. The van der Waals surface area contributed by atoms with Crippen molar-refractivity contribution in [2.75, 3.05) is 32.7 Å². The lowest BCUT2D eigenvalue weighted by Crippen LogP contribution is -2.43. The second kappa shape index (κ2) is 43.4. The Morgan fingerprint density at radius 1 is 0.489 bits per heavy atom. The van der Waals surface area contributed by atoms with Crippen LogP contribution in [0, 0.1) is 0 Å². The van der Waals surface area contributed by atoms with Crippen LogP contribution in [0.15, 0.2) is 0 Å². The normalized spacial score (nSPS) is 15.4. The van der Waals surface area contributed by atoms with Gasteiger partial charge in [0.15, 0.2) is 0 Å². The molecule has 17 N–H and O–H groups in total. The average Bonchev–Trinajstić information content (AvgIpc) is 4.10. The summed E-state index contributed by atoms with van der Waals surface area (Å²) in [7, 11) is 0. The predicted octanol–water partition coefficient (Wildman–Crippen LogP) is -1.25. The molecule has 30 nitrogen and oxygen atoms in total. The summed E-state index contributed by atoms with van der Waals surface area (Å²) in [5.41, 5.74) is 20.3. The number of rotatable bonds is 28. The van der Waals surface area contributed by atoms with Crippen molar-refractivity contribution in [1.29, 1.82) is 0 Å². The highest BCUT2D eigenvalue weighted by atomic mass is 19.4. The van der Waals surface area contributed by atoms with E-state index >= 15 is 0 Å². The van der Waals surface area contributed by atoms with E-state index in [1.807, 2.05) is 5.32 Å². The van der Waals surface area contributed by atoms with Crippen LogP contribution >= 0.6 is 0 Å². The first kappa shape index (κ1) is 86.2. The average molecular weight is 1320 g/mol. The summed E-state index contributed by atoms with van der Waals surface area (Å²) in [6.07, 6.45) is -21.5. The number of carboxylic acids is 4. The number of nitrogens with one attached hydrogen (secondary N) is 7. The van der Waals surface area contributed by atoms with Gasteiger partial charge < -0.3 is 99.6 Å². The molecular formula is C43H63F15N11O19-. The third-order valence-electron chi connectivity index (χ3n) is 9.85. The summed E-state index contributed by atoms with van der Waals surface area (Å²) in [5, 5.41) is 49.1. The summed E-state index contributed by atoms with van der Waals surface area (Å²) in [6.45, 7) is -0.0895. The van der Waals surface area contributed by atoms with Crippen LogP contribution in [-0.2, 0) is 57.4 Å². The number of amides is 8. The summed E-state index contributed by atoms with van der Waals surface area (Å²) >= 11 is 0. The molecule has 2 heterocycles. The van der Waals surface area contributed by atoms with E-state index in [1.54, 1.807) is 21.3 Å². The van der Waals surface area contributed by atoms with Crippen LogP contribution < -0.4 is 70.4 Å². The molecule has 8 amide bonds. The fourth-order valence-electron chi connectivity index (χ4n) is 5.46. The number of ether oxygens (including phenoxy) is 2. The van der Waals surface area contributed by atoms with Crippen molar-refractivity contribution < 1.29 is 160 Å². The van der Waals surface area contributed by atoms with Crippen molar-refractivity contribution in [1.82, 2.24) is 37.2 Å². The Morgan fingerprint density at radius 2 is 0.784 bits per heavy atom. The van der Waals surface area contributed by atoms with E-state index < -0.39 is 139 Å². The third-order valence-corrected chi connectivity index (χ3v) is 9.85. The maximum absolute atomic E-state index is 11.8.